The minimum absolute atomic E-state index is 0. The van der Waals surface area contributed by atoms with Gasteiger partial charge in [-0.05, 0) is 38.5 Å². The van der Waals surface area contributed by atoms with Crippen LogP contribution in [0.2, 0.25) is 0 Å². The fourth-order valence-corrected chi connectivity index (χ4v) is 3.16. The van der Waals surface area contributed by atoms with Crippen molar-refractivity contribution in [1.29, 1.82) is 0 Å². The first-order chi connectivity index (χ1) is 10.7. The zero-order valence-electron chi connectivity index (χ0n) is 16.5. The van der Waals surface area contributed by atoms with E-state index in [0.717, 1.165) is 13.2 Å². The molecule has 1 aliphatic heterocycles. The third kappa shape index (κ3) is 13.9. The van der Waals surface area contributed by atoms with Gasteiger partial charge in [0, 0.05) is 13.2 Å². The maximum Gasteiger partial charge on any atom is 0.0786 e. The molecule has 0 N–H and O–H groups in total. The molecule has 0 atom stereocenters. The molecular formula is C20H44FNO. The van der Waals surface area contributed by atoms with Crippen LogP contribution in [0.25, 0.3) is 0 Å². The normalized spacial score (nSPS) is 14.1. The summed E-state index contributed by atoms with van der Waals surface area (Å²) in [6, 6.07) is 0. The average Bonchev–Trinajstić information content (AvgIpc) is 3.13. The standard InChI is InChI=1S/C16H36N.C4H8O.FH/c1-5-9-13-17(14-10-6-2,15-11-7-3)16-12-8-4;1-2-4-5-3-1;/h5-16H2,1-4H3;1-4H2;1H/q+1;;/p-1. The molecule has 1 saturated heterocycles. The molecule has 0 aliphatic carbocycles. The van der Waals surface area contributed by atoms with Crippen molar-refractivity contribution in [2.75, 3.05) is 39.4 Å². The lowest BCUT2D eigenvalue weighted by Gasteiger charge is -2.39. The van der Waals surface area contributed by atoms with E-state index in [2.05, 4.69) is 27.7 Å². The molecule has 1 fully saturated rings. The lowest BCUT2D eigenvalue weighted by molar-refractivity contribution is -0.929. The second kappa shape index (κ2) is 18.2. The van der Waals surface area contributed by atoms with Gasteiger partial charge in [-0.15, -0.1) is 0 Å². The van der Waals surface area contributed by atoms with Crippen LogP contribution in [0.4, 0.5) is 0 Å². The second-order valence-corrected chi connectivity index (χ2v) is 6.97. The smallest absolute Gasteiger partial charge is 0.0786 e. The summed E-state index contributed by atoms with van der Waals surface area (Å²) in [6.45, 7) is 17.0. The summed E-state index contributed by atoms with van der Waals surface area (Å²) in [5, 5.41) is 0. The summed E-state index contributed by atoms with van der Waals surface area (Å²) in [5.41, 5.74) is 0. The second-order valence-electron chi connectivity index (χ2n) is 6.97. The summed E-state index contributed by atoms with van der Waals surface area (Å²) in [5.74, 6) is 0. The number of halogens is 1. The van der Waals surface area contributed by atoms with Crippen LogP contribution >= 0.6 is 0 Å². The van der Waals surface area contributed by atoms with Crippen LogP contribution in [0, 0.1) is 0 Å². The molecule has 2 nitrogen and oxygen atoms in total. The molecule has 0 saturated carbocycles. The Bertz CT molecular complexity index is 175. The van der Waals surface area contributed by atoms with Crippen molar-refractivity contribution in [2.24, 2.45) is 0 Å². The highest BCUT2D eigenvalue weighted by Gasteiger charge is 2.24. The van der Waals surface area contributed by atoms with Crippen molar-refractivity contribution in [3.63, 3.8) is 0 Å². The van der Waals surface area contributed by atoms with Crippen molar-refractivity contribution < 1.29 is 13.9 Å². The van der Waals surface area contributed by atoms with Gasteiger partial charge in [-0.2, -0.15) is 0 Å². The quantitative estimate of drug-likeness (QED) is 0.499. The van der Waals surface area contributed by atoms with Gasteiger partial charge in [0.2, 0.25) is 0 Å². The fraction of sp³-hybridized carbons (Fsp3) is 1.00. The number of rotatable bonds is 12. The minimum Gasteiger partial charge on any atom is -1.00 e. The zero-order valence-corrected chi connectivity index (χ0v) is 16.5. The molecule has 0 amide bonds. The molecular weight excluding hydrogens is 289 g/mol. The van der Waals surface area contributed by atoms with Gasteiger partial charge in [0.05, 0.1) is 26.2 Å². The first kappa shape index (κ1) is 25.1. The van der Waals surface area contributed by atoms with Gasteiger partial charge in [-0.3, -0.25) is 0 Å². The van der Waals surface area contributed by atoms with Crippen LogP contribution in [-0.4, -0.2) is 43.9 Å². The van der Waals surface area contributed by atoms with Crippen LogP contribution in [0.15, 0.2) is 0 Å². The molecule has 0 aromatic rings. The molecule has 23 heavy (non-hydrogen) atoms. The largest absolute Gasteiger partial charge is 1.00 e. The van der Waals surface area contributed by atoms with Crippen molar-refractivity contribution in [1.82, 2.24) is 0 Å². The monoisotopic (exact) mass is 333 g/mol. The van der Waals surface area contributed by atoms with Crippen LogP contribution in [0.5, 0.6) is 0 Å². The van der Waals surface area contributed by atoms with Crippen molar-refractivity contribution in [3.05, 3.63) is 0 Å². The van der Waals surface area contributed by atoms with E-state index in [4.69, 9.17) is 4.74 Å². The van der Waals surface area contributed by atoms with E-state index >= 15 is 0 Å². The summed E-state index contributed by atoms with van der Waals surface area (Å²) in [4.78, 5) is 0. The van der Waals surface area contributed by atoms with E-state index in [1.807, 2.05) is 0 Å². The Morgan fingerprint density at radius 2 is 0.913 bits per heavy atom. The Morgan fingerprint density at radius 3 is 1.09 bits per heavy atom. The highest BCUT2D eigenvalue weighted by molar-refractivity contribution is 4.49. The van der Waals surface area contributed by atoms with Gasteiger partial charge >= 0.3 is 0 Å². The maximum atomic E-state index is 4.94. The summed E-state index contributed by atoms with van der Waals surface area (Å²) in [6.07, 6.45) is 13.6. The summed E-state index contributed by atoms with van der Waals surface area (Å²) < 4.78 is 6.36. The molecule has 1 heterocycles. The molecule has 0 spiro atoms. The van der Waals surface area contributed by atoms with Gasteiger partial charge in [0.1, 0.15) is 0 Å². The van der Waals surface area contributed by atoms with E-state index in [-0.39, 0.29) is 4.70 Å². The predicted molar refractivity (Wildman–Crippen MR) is 99.4 cm³/mol. The molecule has 0 radical (unpaired) electrons. The Balaban J connectivity index is 0. The van der Waals surface area contributed by atoms with E-state index < -0.39 is 0 Å². The maximum absolute atomic E-state index is 4.94. The molecule has 1 rings (SSSR count). The number of hydrogen-bond acceptors (Lipinski definition) is 1. The van der Waals surface area contributed by atoms with Gasteiger partial charge in [-0.25, -0.2) is 0 Å². The molecule has 0 unspecified atom stereocenters. The highest BCUT2D eigenvalue weighted by atomic mass is 19.0. The lowest BCUT2D eigenvalue weighted by Crippen LogP contribution is -3.00. The van der Waals surface area contributed by atoms with Crippen molar-refractivity contribution >= 4 is 0 Å². The van der Waals surface area contributed by atoms with Crippen molar-refractivity contribution in [2.45, 2.75) is 91.9 Å². The highest BCUT2D eigenvalue weighted by Crippen LogP contribution is 2.16. The first-order valence-corrected chi connectivity index (χ1v) is 10.2. The van der Waals surface area contributed by atoms with Crippen LogP contribution in [0.1, 0.15) is 91.9 Å². The van der Waals surface area contributed by atoms with E-state index in [9.17, 15) is 0 Å². The fourth-order valence-electron chi connectivity index (χ4n) is 3.16. The molecule has 0 bridgehead atoms. The van der Waals surface area contributed by atoms with Gasteiger partial charge in [0.25, 0.3) is 0 Å². The van der Waals surface area contributed by atoms with Crippen LogP contribution < -0.4 is 4.70 Å². The Morgan fingerprint density at radius 1 is 0.609 bits per heavy atom. The van der Waals surface area contributed by atoms with E-state index in [1.54, 1.807) is 0 Å². The molecule has 3 heteroatoms. The third-order valence-electron chi connectivity index (χ3n) is 4.77. The molecule has 142 valence electrons. The lowest BCUT2D eigenvalue weighted by atomic mass is 10.1. The number of unbranched alkanes of at least 4 members (excludes halogenated alkanes) is 4. The molecule has 0 aromatic carbocycles. The number of nitrogens with zero attached hydrogens (tertiary/aromatic N) is 1. The Labute approximate surface area is 145 Å². The Kier molecular flexibility index (Phi) is 19.8. The van der Waals surface area contributed by atoms with Crippen LogP contribution in [0.3, 0.4) is 0 Å². The van der Waals surface area contributed by atoms with Gasteiger partial charge in [-0.1, -0.05) is 53.4 Å². The van der Waals surface area contributed by atoms with E-state index in [0.29, 0.717) is 0 Å². The number of ether oxygens (including phenoxy) is 1. The topological polar surface area (TPSA) is 9.23 Å². The summed E-state index contributed by atoms with van der Waals surface area (Å²) >= 11 is 0. The average molecular weight is 334 g/mol. The third-order valence-corrected chi connectivity index (χ3v) is 4.77. The zero-order chi connectivity index (χ0) is 16.5. The minimum atomic E-state index is 0. The predicted octanol–water partition coefficient (Wildman–Crippen LogP) is 2.80. The first-order valence-electron chi connectivity index (χ1n) is 10.2. The molecule has 0 aromatic heterocycles. The number of hydrogen-bond donors (Lipinski definition) is 0. The van der Waals surface area contributed by atoms with Crippen LogP contribution in [-0.2, 0) is 4.74 Å². The van der Waals surface area contributed by atoms with Crippen molar-refractivity contribution in [3.8, 4) is 0 Å². The van der Waals surface area contributed by atoms with Gasteiger partial charge in [0.15, 0.2) is 0 Å². The number of quaternary nitrogens is 1. The van der Waals surface area contributed by atoms with E-state index in [1.165, 1.54) is 94.9 Å². The summed E-state index contributed by atoms with van der Waals surface area (Å²) in [7, 11) is 0. The SMILES string of the molecule is C1CCOC1.CCCC[N+](CCCC)(CCCC)CCCC.[F-]. The molecule has 1 aliphatic rings. The van der Waals surface area contributed by atoms with Gasteiger partial charge < -0.3 is 13.9 Å². The Hall–Kier alpha value is -0.150.